The fourth-order valence-corrected chi connectivity index (χ4v) is 13.2. The van der Waals surface area contributed by atoms with Gasteiger partial charge in [-0.3, -0.25) is 24.2 Å². The highest BCUT2D eigenvalue weighted by Gasteiger charge is 2.67. The first-order valence-corrected chi connectivity index (χ1v) is 23.2. The van der Waals surface area contributed by atoms with Crippen molar-refractivity contribution in [3.63, 3.8) is 0 Å². The van der Waals surface area contributed by atoms with Crippen LogP contribution >= 0.6 is 0 Å². The summed E-state index contributed by atoms with van der Waals surface area (Å²) in [5.74, 6) is -1.21. The maximum absolute atomic E-state index is 16.9. The number of aliphatic hydroxyl groups excluding tert-OH is 1. The first kappa shape index (κ1) is 37.7. The quantitative estimate of drug-likeness (QED) is 0.165. The summed E-state index contributed by atoms with van der Waals surface area (Å²) in [6.45, 7) is 7.06. The third kappa shape index (κ3) is 5.94. The van der Waals surface area contributed by atoms with Gasteiger partial charge in [0, 0.05) is 40.6 Å². The van der Waals surface area contributed by atoms with E-state index in [-0.39, 0.29) is 30.7 Å². The van der Waals surface area contributed by atoms with Crippen LogP contribution in [0.4, 0.5) is 26.9 Å². The van der Waals surface area contributed by atoms with Crippen LogP contribution in [0.5, 0.6) is 0 Å². The Hall–Kier alpha value is -4.88. The zero-order valence-electron chi connectivity index (χ0n) is 32.7. The second kappa shape index (κ2) is 14.2. The fourth-order valence-electron chi connectivity index (χ4n) is 10.7. The highest BCUT2D eigenvalue weighted by atomic mass is 28.4. The molecule has 4 aromatic rings. The zero-order chi connectivity index (χ0) is 39.7. The van der Waals surface area contributed by atoms with Gasteiger partial charge in [0.15, 0.2) is 5.60 Å². The lowest BCUT2D eigenvalue weighted by molar-refractivity contribution is -0.150. The second-order valence-electron chi connectivity index (χ2n) is 16.9. The van der Waals surface area contributed by atoms with Gasteiger partial charge in [0.25, 0.3) is 11.8 Å². The van der Waals surface area contributed by atoms with Gasteiger partial charge in [0.2, 0.25) is 14.3 Å². The average Bonchev–Trinajstić information content (AvgIpc) is 3.77. The molecule has 0 radical (unpaired) electrons. The lowest BCUT2D eigenvalue weighted by Gasteiger charge is -2.39. The van der Waals surface area contributed by atoms with E-state index >= 15 is 8.90 Å². The van der Waals surface area contributed by atoms with E-state index in [1.807, 2.05) is 115 Å². The van der Waals surface area contributed by atoms with Gasteiger partial charge in [0.05, 0.1) is 37.5 Å². The van der Waals surface area contributed by atoms with Crippen LogP contribution in [-0.2, 0) is 37.7 Å². The topological polar surface area (TPSA) is 106 Å². The Morgan fingerprint density at radius 3 is 2.19 bits per heavy atom. The number of benzene rings is 4. The van der Waals surface area contributed by atoms with Crippen molar-refractivity contribution in [1.82, 2.24) is 10.2 Å². The maximum atomic E-state index is 16.9. The Labute approximate surface area is 334 Å². The predicted octanol–water partition coefficient (Wildman–Crippen LogP) is 6.41. The minimum Gasteiger partial charge on any atom is -0.394 e. The van der Waals surface area contributed by atoms with Crippen LogP contribution in [0.25, 0.3) is 0 Å². The van der Waals surface area contributed by atoms with Crippen molar-refractivity contribution in [2.75, 3.05) is 41.1 Å². The van der Waals surface area contributed by atoms with Crippen molar-refractivity contribution in [3.8, 4) is 0 Å². The SMILES string of the molecule is C[C@H]1[C@H]([Si](C)(C)F)[C@@H](CC(=O)N2Cc3ccccc3C[C@H]2CO)O[C@]12C(=O)N(c1ccccc1)c1ccc(N3CN(c4ccccc4)C4(CCNCC4)C3=O)cc12. The van der Waals surface area contributed by atoms with Crippen LogP contribution in [0.1, 0.15) is 42.9 Å². The Morgan fingerprint density at radius 2 is 1.53 bits per heavy atom. The van der Waals surface area contributed by atoms with Crippen LogP contribution in [0, 0.1) is 5.92 Å². The number of nitrogens with zero attached hydrogens (tertiary/aromatic N) is 4. The minimum atomic E-state index is -3.61. The standard InChI is InChI=1S/C45H50FN5O5Si/c1-30-41(57(2,3)46)39(26-40(53)48-27-32-13-11-10-12-31(32)24-36(48)28-52)56-45(30)37-25-35(18-19-38(37)51(43(45)55)34-16-8-5-9-17-34)49-29-50(33-14-6-4-7-15-33)44(42(49)54)20-22-47-23-21-44/h4-19,25,30,36,39,41,47,52H,20-24,26-29H2,1-3H3/t30-,36-,39+,41-,45+/m0/s1. The average molecular weight is 788 g/mol. The molecular weight excluding hydrogens is 738 g/mol. The van der Waals surface area contributed by atoms with E-state index in [0.717, 1.165) is 29.9 Å². The summed E-state index contributed by atoms with van der Waals surface area (Å²) in [5, 5.41) is 13.8. The molecule has 57 heavy (non-hydrogen) atoms. The molecule has 2 spiro atoms. The molecule has 3 amide bonds. The van der Waals surface area contributed by atoms with E-state index in [4.69, 9.17) is 4.74 Å². The van der Waals surface area contributed by atoms with Crippen molar-refractivity contribution < 1.29 is 28.3 Å². The molecule has 5 atom stereocenters. The molecule has 0 unspecified atom stereocenters. The first-order chi connectivity index (χ1) is 27.5. The van der Waals surface area contributed by atoms with E-state index in [2.05, 4.69) is 10.2 Å². The highest BCUT2D eigenvalue weighted by Crippen LogP contribution is 2.62. The fraction of sp³-hybridized carbons (Fsp3) is 0.400. The number of fused-ring (bicyclic) bond motifs is 3. The summed E-state index contributed by atoms with van der Waals surface area (Å²) < 4.78 is 23.9. The molecule has 5 aliphatic rings. The van der Waals surface area contributed by atoms with Crippen molar-refractivity contribution >= 4 is 48.9 Å². The summed E-state index contributed by atoms with van der Waals surface area (Å²) in [7, 11) is -3.61. The zero-order valence-corrected chi connectivity index (χ0v) is 33.7. The Kier molecular flexibility index (Phi) is 9.38. The maximum Gasteiger partial charge on any atom is 0.268 e. The number of hydrogen-bond acceptors (Lipinski definition) is 7. The summed E-state index contributed by atoms with van der Waals surface area (Å²) in [5.41, 5.74) is 2.50. The van der Waals surface area contributed by atoms with Crippen LogP contribution in [0.2, 0.25) is 18.6 Å². The molecule has 10 nitrogen and oxygen atoms in total. The van der Waals surface area contributed by atoms with Gasteiger partial charge >= 0.3 is 0 Å². The molecular formula is C45H50FN5O5Si. The number of nitrogens with one attached hydrogen (secondary N) is 1. The molecule has 4 aromatic carbocycles. The minimum absolute atomic E-state index is 0.00618. The van der Waals surface area contributed by atoms with Crippen molar-refractivity contribution in [2.45, 2.75) is 81.1 Å². The summed E-state index contributed by atoms with van der Waals surface area (Å²) in [6, 6.07) is 32.6. The number of anilines is 4. The van der Waals surface area contributed by atoms with E-state index in [0.29, 0.717) is 55.1 Å². The third-order valence-corrected chi connectivity index (χ3v) is 15.8. The van der Waals surface area contributed by atoms with Gasteiger partial charge in [-0.05, 0) is 99.0 Å². The smallest absolute Gasteiger partial charge is 0.268 e. The summed E-state index contributed by atoms with van der Waals surface area (Å²) in [4.78, 5) is 51.8. The van der Waals surface area contributed by atoms with Crippen LogP contribution in [0.3, 0.4) is 0 Å². The van der Waals surface area contributed by atoms with Crippen molar-refractivity contribution in [3.05, 3.63) is 120 Å². The number of piperidine rings is 1. The number of rotatable bonds is 7. The monoisotopic (exact) mass is 787 g/mol. The normalized spacial score (nSPS) is 26.8. The largest absolute Gasteiger partial charge is 0.394 e. The van der Waals surface area contributed by atoms with Gasteiger partial charge in [-0.25, -0.2) is 0 Å². The number of amides is 3. The van der Waals surface area contributed by atoms with Gasteiger partial charge in [-0.2, -0.15) is 0 Å². The number of ether oxygens (including phenoxy) is 1. The molecule has 0 aliphatic carbocycles. The number of aliphatic hydroxyl groups is 1. The number of para-hydroxylation sites is 2. The lowest BCUT2D eigenvalue weighted by Crippen LogP contribution is -2.55. The molecule has 296 valence electrons. The molecule has 5 heterocycles. The van der Waals surface area contributed by atoms with Crippen molar-refractivity contribution in [2.24, 2.45) is 5.92 Å². The lowest BCUT2D eigenvalue weighted by atomic mass is 9.82. The Balaban J connectivity index is 1.12. The molecule has 9 rings (SSSR count). The summed E-state index contributed by atoms with van der Waals surface area (Å²) >= 11 is 0. The van der Waals surface area contributed by atoms with E-state index in [1.165, 1.54) is 0 Å². The van der Waals surface area contributed by atoms with Gasteiger partial charge in [-0.1, -0.05) is 67.6 Å². The summed E-state index contributed by atoms with van der Waals surface area (Å²) in [6.07, 6.45) is 0.801. The number of hydrogen-bond donors (Lipinski definition) is 2. The number of carbonyl (C=O) groups is 3. The van der Waals surface area contributed by atoms with Crippen LogP contribution < -0.4 is 20.0 Å². The molecule has 0 saturated carbocycles. The molecule has 5 aliphatic heterocycles. The molecule has 2 N–H and O–H groups in total. The molecule has 3 saturated heterocycles. The molecule has 0 bridgehead atoms. The molecule has 3 fully saturated rings. The third-order valence-electron chi connectivity index (χ3n) is 13.4. The van der Waals surface area contributed by atoms with Crippen LogP contribution in [-0.4, -0.2) is 80.2 Å². The molecule has 12 heteroatoms. The first-order valence-electron chi connectivity index (χ1n) is 20.2. The van der Waals surface area contributed by atoms with Gasteiger partial charge < -0.3 is 29.1 Å². The Bertz CT molecular complexity index is 2200. The Morgan fingerprint density at radius 1 is 0.877 bits per heavy atom. The van der Waals surface area contributed by atoms with E-state index in [9.17, 15) is 14.7 Å². The van der Waals surface area contributed by atoms with Crippen molar-refractivity contribution in [1.29, 1.82) is 0 Å². The second-order valence-corrected chi connectivity index (χ2v) is 20.7. The van der Waals surface area contributed by atoms with Crippen LogP contribution in [0.15, 0.2) is 103 Å². The number of halogens is 1. The van der Waals surface area contributed by atoms with Gasteiger partial charge in [0.1, 0.15) is 5.54 Å². The van der Waals surface area contributed by atoms with Gasteiger partial charge in [-0.15, -0.1) is 0 Å². The van der Waals surface area contributed by atoms with E-state index in [1.54, 1.807) is 22.9 Å². The number of carbonyl (C=O) groups excluding carboxylic acids is 3. The highest BCUT2D eigenvalue weighted by molar-refractivity contribution is 6.72. The molecule has 0 aromatic heterocycles. The predicted molar refractivity (Wildman–Crippen MR) is 220 cm³/mol. The van der Waals surface area contributed by atoms with E-state index < -0.39 is 43.2 Å².